The largest absolute Gasteiger partial charge is 0.296 e. The van der Waals surface area contributed by atoms with Crippen LogP contribution in [-0.2, 0) is 14.3 Å². The van der Waals surface area contributed by atoms with Gasteiger partial charge >= 0.3 is 0 Å². The van der Waals surface area contributed by atoms with Crippen LogP contribution < -0.4 is 0 Å². The minimum absolute atomic E-state index is 0.192. The molecule has 0 aromatic heterocycles. The summed E-state index contributed by atoms with van der Waals surface area (Å²) in [6, 6.07) is 6.85. The summed E-state index contributed by atoms with van der Waals surface area (Å²) in [4.78, 5) is 0.192. The summed E-state index contributed by atoms with van der Waals surface area (Å²) < 4.78 is 51.8. The molecule has 0 atom stereocenters. The van der Waals surface area contributed by atoms with E-state index in [1.807, 2.05) is 11.2 Å². The van der Waals surface area contributed by atoms with Gasteiger partial charge in [-0.3, -0.25) is 13.3 Å². The van der Waals surface area contributed by atoms with Crippen LogP contribution in [0.15, 0.2) is 29.2 Å². The van der Waals surface area contributed by atoms with Gasteiger partial charge in [0, 0.05) is 12.6 Å². The summed E-state index contributed by atoms with van der Waals surface area (Å²) in [6.45, 7) is 2.85. The Morgan fingerprint density at radius 1 is 1.16 bits per heavy atom. The molecule has 6 nitrogen and oxygen atoms in total. The van der Waals surface area contributed by atoms with Crippen LogP contribution >= 0.6 is 10.8 Å². The van der Waals surface area contributed by atoms with Gasteiger partial charge in [-0.25, -0.2) is 4.31 Å². The highest BCUT2D eigenvalue weighted by Crippen LogP contribution is 2.51. The van der Waals surface area contributed by atoms with Gasteiger partial charge in [0.05, 0.1) is 17.3 Å². The highest BCUT2D eigenvalue weighted by molar-refractivity contribution is 8.22. The van der Waals surface area contributed by atoms with E-state index in [9.17, 15) is 17.5 Å². The molecule has 2 N–H and O–H groups in total. The van der Waals surface area contributed by atoms with Crippen LogP contribution in [0, 0.1) is 12.8 Å². The van der Waals surface area contributed by atoms with E-state index < -0.39 is 20.9 Å². The standard InChI is InChI=1S/C17H27NO5S2/c1-14-3-9-17(10-4-14)25(21,22)23-13-15-5-7-16(8-6-15)18-11-2-12-24(18,19)20/h3-4,9-10,15-16,19-20H,2,5-8,11-13H2,1H3. The third kappa shape index (κ3) is 4.56. The van der Waals surface area contributed by atoms with Crippen molar-refractivity contribution in [1.29, 1.82) is 0 Å². The van der Waals surface area contributed by atoms with Crippen LogP contribution in [0.4, 0.5) is 0 Å². The zero-order valence-electron chi connectivity index (χ0n) is 14.5. The quantitative estimate of drug-likeness (QED) is 0.748. The number of hydrogen-bond acceptors (Lipinski definition) is 6. The summed E-state index contributed by atoms with van der Waals surface area (Å²) in [5.74, 6) is 0.672. The maximum Gasteiger partial charge on any atom is 0.296 e. The summed E-state index contributed by atoms with van der Waals surface area (Å²) in [5, 5.41) is 0. The van der Waals surface area contributed by atoms with Crippen molar-refractivity contribution in [2.24, 2.45) is 5.92 Å². The highest BCUT2D eigenvalue weighted by atomic mass is 32.3. The van der Waals surface area contributed by atoms with Crippen molar-refractivity contribution in [3.63, 3.8) is 0 Å². The molecular formula is C17H27NO5S2. The molecule has 1 saturated heterocycles. The van der Waals surface area contributed by atoms with Crippen molar-refractivity contribution in [2.75, 3.05) is 18.9 Å². The number of rotatable bonds is 5. The first-order valence-electron chi connectivity index (χ1n) is 8.77. The number of benzene rings is 1. The first kappa shape index (κ1) is 19.1. The zero-order chi connectivity index (χ0) is 18.1. The van der Waals surface area contributed by atoms with Crippen LogP contribution in [0.3, 0.4) is 0 Å². The molecule has 8 heteroatoms. The van der Waals surface area contributed by atoms with Gasteiger partial charge in [0.1, 0.15) is 0 Å². The normalized spacial score (nSPS) is 28.8. The molecule has 2 fully saturated rings. The lowest BCUT2D eigenvalue weighted by atomic mass is 9.86. The van der Waals surface area contributed by atoms with Crippen LogP contribution in [0.25, 0.3) is 0 Å². The molecule has 0 amide bonds. The molecule has 25 heavy (non-hydrogen) atoms. The fourth-order valence-electron chi connectivity index (χ4n) is 3.66. The lowest BCUT2D eigenvalue weighted by molar-refractivity contribution is 0.165. The Labute approximate surface area is 151 Å². The predicted molar refractivity (Wildman–Crippen MR) is 99.1 cm³/mol. The molecular weight excluding hydrogens is 362 g/mol. The molecule has 2 aliphatic rings. The molecule has 1 aromatic rings. The van der Waals surface area contributed by atoms with Gasteiger partial charge in [0.25, 0.3) is 10.1 Å². The molecule has 0 unspecified atom stereocenters. The number of nitrogens with zero attached hydrogens (tertiary/aromatic N) is 1. The Morgan fingerprint density at radius 3 is 2.36 bits per heavy atom. The first-order valence-corrected chi connectivity index (χ1v) is 11.8. The van der Waals surface area contributed by atoms with Gasteiger partial charge in [-0.2, -0.15) is 8.42 Å². The zero-order valence-corrected chi connectivity index (χ0v) is 16.1. The maximum atomic E-state index is 12.3. The van der Waals surface area contributed by atoms with E-state index in [0.717, 1.165) is 44.2 Å². The average molecular weight is 390 g/mol. The molecule has 1 heterocycles. The molecule has 142 valence electrons. The van der Waals surface area contributed by atoms with Crippen LogP contribution in [0.5, 0.6) is 0 Å². The van der Waals surface area contributed by atoms with Crippen LogP contribution in [0.2, 0.25) is 0 Å². The molecule has 1 aromatic carbocycles. The topological polar surface area (TPSA) is 87.1 Å². The van der Waals surface area contributed by atoms with Crippen LogP contribution in [0.1, 0.15) is 37.7 Å². The fourth-order valence-corrected chi connectivity index (χ4v) is 6.49. The Kier molecular flexibility index (Phi) is 5.77. The lowest BCUT2D eigenvalue weighted by Crippen LogP contribution is -2.37. The van der Waals surface area contributed by atoms with Gasteiger partial charge in [0.15, 0.2) is 0 Å². The second-order valence-corrected chi connectivity index (χ2v) is 10.8. The van der Waals surface area contributed by atoms with E-state index in [0.29, 0.717) is 5.75 Å². The third-order valence-corrected chi connectivity index (χ3v) is 8.53. The molecule has 1 aliphatic heterocycles. The Balaban J connectivity index is 1.50. The molecule has 3 rings (SSSR count). The summed E-state index contributed by atoms with van der Waals surface area (Å²) in [5.41, 5.74) is 1.00. The maximum absolute atomic E-state index is 12.3. The van der Waals surface area contributed by atoms with Crippen molar-refractivity contribution < 1.29 is 21.7 Å². The Bertz CT molecular complexity index is 681. The number of aryl methyl sites for hydroxylation is 1. The van der Waals surface area contributed by atoms with Gasteiger partial charge in [-0.05, 0) is 57.1 Å². The van der Waals surface area contributed by atoms with E-state index in [1.54, 1.807) is 24.3 Å². The van der Waals surface area contributed by atoms with E-state index >= 15 is 0 Å². The Morgan fingerprint density at radius 2 is 1.80 bits per heavy atom. The second kappa shape index (κ2) is 7.54. The lowest BCUT2D eigenvalue weighted by Gasteiger charge is -2.44. The summed E-state index contributed by atoms with van der Waals surface area (Å²) >= 11 is 0. The molecule has 1 saturated carbocycles. The summed E-state index contributed by atoms with van der Waals surface area (Å²) in [6.07, 6.45) is 4.24. The van der Waals surface area contributed by atoms with Gasteiger partial charge in [-0.1, -0.05) is 17.7 Å². The minimum Gasteiger partial charge on any atom is -0.285 e. The Hall–Kier alpha value is -0.640. The van der Waals surface area contributed by atoms with E-state index in [1.165, 1.54) is 0 Å². The second-order valence-electron chi connectivity index (χ2n) is 7.06. The molecule has 0 bridgehead atoms. The first-order chi connectivity index (χ1) is 11.8. The minimum atomic E-state index is -3.71. The number of hydrogen-bond donors (Lipinski definition) is 2. The van der Waals surface area contributed by atoms with Crippen molar-refractivity contribution in [3.8, 4) is 0 Å². The van der Waals surface area contributed by atoms with E-state index in [2.05, 4.69) is 0 Å². The monoisotopic (exact) mass is 389 g/mol. The van der Waals surface area contributed by atoms with Crippen molar-refractivity contribution in [2.45, 2.75) is 50.0 Å². The van der Waals surface area contributed by atoms with E-state index in [-0.39, 0.29) is 23.5 Å². The predicted octanol–water partition coefficient (Wildman–Crippen LogP) is 3.63. The van der Waals surface area contributed by atoms with E-state index in [4.69, 9.17) is 4.18 Å². The van der Waals surface area contributed by atoms with Crippen LogP contribution in [-0.4, -0.2) is 46.8 Å². The van der Waals surface area contributed by atoms with Gasteiger partial charge < -0.3 is 0 Å². The molecule has 1 aliphatic carbocycles. The summed E-state index contributed by atoms with van der Waals surface area (Å²) in [7, 11) is -6.28. The molecule has 0 radical (unpaired) electrons. The van der Waals surface area contributed by atoms with Gasteiger partial charge in [0.2, 0.25) is 0 Å². The smallest absolute Gasteiger partial charge is 0.285 e. The van der Waals surface area contributed by atoms with Crippen molar-refractivity contribution >= 4 is 20.9 Å². The fraction of sp³-hybridized carbons (Fsp3) is 0.647. The van der Waals surface area contributed by atoms with Crippen molar-refractivity contribution in [1.82, 2.24) is 4.31 Å². The third-order valence-electron chi connectivity index (χ3n) is 5.16. The molecule has 0 spiro atoms. The van der Waals surface area contributed by atoms with Gasteiger partial charge in [-0.15, -0.1) is 10.8 Å². The highest BCUT2D eigenvalue weighted by Gasteiger charge is 2.36. The SMILES string of the molecule is Cc1ccc(S(=O)(=O)OCC2CCC(N3CCCS3(O)O)CC2)cc1. The average Bonchev–Trinajstić information content (AvgIpc) is 2.93. The van der Waals surface area contributed by atoms with Crippen molar-refractivity contribution in [3.05, 3.63) is 29.8 Å².